The third-order valence-corrected chi connectivity index (χ3v) is 15.2. The number of fused-ring (bicyclic) bond motifs is 2. The summed E-state index contributed by atoms with van der Waals surface area (Å²) in [4.78, 5) is 91.4. The van der Waals surface area contributed by atoms with Gasteiger partial charge >= 0.3 is 29.8 Å². The van der Waals surface area contributed by atoms with Gasteiger partial charge in [-0.3, -0.25) is 33.6 Å². The predicted molar refractivity (Wildman–Crippen MR) is 222 cm³/mol. The molecule has 5 rings (SSSR count). The molecule has 4 saturated carbocycles. The lowest BCUT2D eigenvalue weighted by molar-refractivity contribution is -0.169. The Kier molecular flexibility index (Phi) is 13.2. The van der Waals surface area contributed by atoms with Crippen LogP contribution in [0.15, 0.2) is 24.3 Å². The molecular formula is C48H70O12. The SMILES string of the molecule is C=C(C(=O)[C@H](OC(=O)CCC(=O)OC(C)(C)C)[C@@H](C)[C@H]1[C@@H](OC(C)=O)C[C@@]2(C)C3CCC4[C@H](C)C(=O)C=C[C@@]45C[C@@]35CC[C@]12C)[C@@H](C)COC(=O)CCC(=O)OC(C)(C)C. The Morgan fingerprint density at radius 3 is 1.97 bits per heavy atom. The van der Waals surface area contributed by atoms with E-state index < -0.39 is 82.2 Å². The highest BCUT2D eigenvalue weighted by Crippen LogP contribution is 2.87. The van der Waals surface area contributed by atoms with Gasteiger partial charge in [-0.25, -0.2) is 0 Å². The van der Waals surface area contributed by atoms with E-state index in [4.69, 9.17) is 23.7 Å². The molecule has 5 aliphatic carbocycles. The van der Waals surface area contributed by atoms with E-state index in [0.717, 1.165) is 32.1 Å². The van der Waals surface area contributed by atoms with Crippen molar-refractivity contribution in [2.24, 2.45) is 57.2 Å². The molecule has 0 amide bonds. The normalized spacial score (nSPS) is 34.3. The first-order valence-corrected chi connectivity index (χ1v) is 22.0. The molecule has 5 aliphatic rings. The van der Waals surface area contributed by atoms with Gasteiger partial charge in [-0.2, -0.15) is 0 Å². The zero-order valence-corrected chi connectivity index (χ0v) is 38.2. The molecule has 2 unspecified atom stereocenters. The molecule has 0 aromatic heterocycles. The lowest BCUT2D eigenvalue weighted by Crippen LogP contribution is -2.56. The van der Waals surface area contributed by atoms with Crippen LogP contribution in [0.3, 0.4) is 0 Å². The fourth-order valence-electron chi connectivity index (χ4n) is 12.4. The second-order valence-corrected chi connectivity index (χ2v) is 21.3. The Bertz CT molecular complexity index is 1800. The zero-order valence-electron chi connectivity index (χ0n) is 38.2. The van der Waals surface area contributed by atoms with Gasteiger partial charge in [0.05, 0.1) is 32.3 Å². The van der Waals surface area contributed by atoms with E-state index in [2.05, 4.69) is 33.4 Å². The Labute approximate surface area is 356 Å². The zero-order chi connectivity index (χ0) is 45.0. The number of Topliss-reactive ketones (excluding diaryl/α,β-unsaturated/α-hetero) is 1. The van der Waals surface area contributed by atoms with E-state index >= 15 is 0 Å². The fraction of sp³-hybridized carbons (Fsp3) is 0.771. The van der Waals surface area contributed by atoms with Crippen molar-refractivity contribution in [2.45, 2.75) is 171 Å². The molecule has 0 radical (unpaired) electrons. The molecule has 12 heteroatoms. The molecule has 60 heavy (non-hydrogen) atoms. The topological polar surface area (TPSA) is 166 Å². The van der Waals surface area contributed by atoms with E-state index in [0.29, 0.717) is 12.3 Å². The maximum Gasteiger partial charge on any atom is 0.307 e. The number of carbonyl (C=O) groups is 7. The molecule has 0 aromatic carbocycles. The van der Waals surface area contributed by atoms with Crippen LogP contribution in [-0.2, 0) is 57.2 Å². The summed E-state index contributed by atoms with van der Waals surface area (Å²) >= 11 is 0. The summed E-state index contributed by atoms with van der Waals surface area (Å²) in [5.41, 5.74) is -2.12. The number of allylic oxidation sites excluding steroid dienone is 2. The fourth-order valence-corrected chi connectivity index (χ4v) is 12.4. The van der Waals surface area contributed by atoms with Crippen molar-refractivity contribution in [3.63, 3.8) is 0 Å². The van der Waals surface area contributed by atoms with Crippen LogP contribution < -0.4 is 0 Å². The van der Waals surface area contributed by atoms with Crippen molar-refractivity contribution in [2.75, 3.05) is 6.61 Å². The van der Waals surface area contributed by atoms with Crippen LogP contribution in [0.2, 0.25) is 0 Å². The summed E-state index contributed by atoms with van der Waals surface area (Å²) in [5.74, 6) is -4.47. The number of rotatable bonds is 15. The minimum Gasteiger partial charge on any atom is -0.465 e. The highest BCUT2D eigenvalue weighted by Gasteiger charge is 2.82. The highest BCUT2D eigenvalue weighted by molar-refractivity contribution is 6.00. The van der Waals surface area contributed by atoms with Gasteiger partial charge in [-0.15, -0.1) is 0 Å². The first-order valence-electron chi connectivity index (χ1n) is 22.0. The molecule has 0 aliphatic heterocycles. The molecule has 0 N–H and O–H groups in total. The van der Waals surface area contributed by atoms with Gasteiger partial charge < -0.3 is 23.7 Å². The quantitative estimate of drug-likeness (QED) is 0.0887. The molecule has 334 valence electrons. The monoisotopic (exact) mass is 838 g/mol. The van der Waals surface area contributed by atoms with Crippen LogP contribution in [0.1, 0.15) is 147 Å². The van der Waals surface area contributed by atoms with Crippen molar-refractivity contribution in [3.05, 3.63) is 24.3 Å². The van der Waals surface area contributed by atoms with Gasteiger partial charge in [0, 0.05) is 30.6 Å². The van der Waals surface area contributed by atoms with E-state index in [-0.39, 0.29) is 71.7 Å². The first-order chi connectivity index (χ1) is 27.6. The maximum atomic E-state index is 14.7. The molecule has 4 fully saturated rings. The molecule has 12 atom stereocenters. The van der Waals surface area contributed by atoms with Gasteiger partial charge in [0.25, 0.3) is 0 Å². The van der Waals surface area contributed by atoms with Gasteiger partial charge in [0.1, 0.15) is 17.3 Å². The van der Waals surface area contributed by atoms with Crippen molar-refractivity contribution < 1.29 is 57.2 Å². The summed E-state index contributed by atoms with van der Waals surface area (Å²) in [6.07, 6.45) is 6.37. The smallest absolute Gasteiger partial charge is 0.307 e. The summed E-state index contributed by atoms with van der Waals surface area (Å²) in [5, 5.41) is 0. The molecule has 0 aromatic rings. The molecule has 0 heterocycles. The Morgan fingerprint density at radius 1 is 0.833 bits per heavy atom. The number of hydrogen-bond acceptors (Lipinski definition) is 12. The molecule has 2 spiro atoms. The molecule has 12 nitrogen and oxygen atoms in total. The van der Waals surface area contributed by atoms with Crippen molar-refractivity contribution in [3.8, 4) is 0 Å². The number of carbonyl (C=O) groups excluding carboxylic acids is 7. The second-order valence-electron chi connectivity index (χ2n) is 21.3. The van der Waals surface area contributed by atoms with Crippen LogP contribution in [0.4, 0.5) is 0 Å². The third-order valence-electron chi connectivity index (χ3n) is 15.2. The molecule has 0 saturated heterocycles. The predicted octanol–water partition coefficient (Wildman–Crippen LogP) is 8.02. The number of esters is 5. The summed E-state index contributed by atoms with van der Waals surface area (Å²) in [6, 6.07) is 0. The van der Waals surface area contributed by atoms with Crippen LogP contribution in [0, 0.1) is 57.2 Å². The third kappa shape index (κ3) is 9.04. The average molecular weight is 839 g/mol. The Morgan fingerprint density at radius 2 is 1.40 bits per heavy atom. The largest absolute Gasteiger partial charge is 0.465 e. The molecular weight excluding hydrogens is 769 g/mol. The van der Waals surface area contributed by atoms with E-state index in [1.54, 1.807) is 48.5 Å². The summed E-state index contributed by atoms with van der Waals surface area (Å²) in [7, 11) is 0. The van der Waals surface area contributed by atoms with Gasteiger partial charge in [0.15, 0.2) is 17.7 Å². The standard InChI is InChI=1S/C48H70O12/c1-27(25-56-36(51)16-18-38(53)59-43(6,7)8)28(2)41(55)42(58-37(52)17-19-39(54)60-44(9,10)11)30(4)40-34(57-31(5)49)24-46(13)35-15-14-32-29(3)33(50)20-21-47(32)26-48(35,47)23-22-45(40,46)12/h20-21,27,29-30,32,34-35,40,42H,2,14-19,22-26H2,1,3-13H3/t27-,29-,30-,32?,34-,35?,40-,42+,45+,46-,47+,48-/m0/s1. The van der Waals surface area contributed by atoms with Gasteiger partial charge in [-0.1, -0.05) is 47.3 Å². The summed E-state index contributed by atoms with van der Waals surface area (Å²) in [6.45, 7) is 25.9. The van der Waals surface area contributed by atoms with Crippen LogP contribution in [0.25, 0.3) is 0 Å². The van der Waals surface area contributed by atoms with Crippen molar-refractivity contribution >= 4 is 41.4 Å². The lowest BCUT2D eigenvalue weighted by atomic mass is 9.43. The Hall–Kier alpha value is -3.83. The summed E-state index contributed by atoms with van der Waals surface area (Å²) < 4.78 is 28.5. The van der Waals surface area contributed by atoms with Gasteiger partial charge in [0.2, 0.25) is 0 Å². The number of hydrogen-bond donors (Lipinski definition) is 0. The van der Waals surface area contributed by atoms with Crippen molar-refractivity contribution in [1.82, 2.24) is 0 Å². The minimum absolute atomic E-state index is 0.0189. The number of ether oxygens (including phenoxy) is 5. The van der Waals surface area contributed by atoms with Crippen LogP contribution in [-0.4, -0.2) is 71.4 Å². The highest BCUT2D eigenvalue weighted by atomic mass is 16.6. The average Bonchev–Trinajstić information content (AvgIpc) is 3.74. The molecule has 0 bridgehead atoms. The van der Waals surface area contributed by atoms with E-state index in [1.807, 2.05) is 13.0 Å². The minimum atomic E-state index is -1.36. The maximum absolute atomic E-state index is 14.7. The van der Waals surface area contributed by atoms with E-state index in [9.17, 15) is 33.6 Å². The van der Waals surface area contributed by atoms with E-state index in [1.165, 1.54) is 6.92 Å². The first kappa shape index (κ1) is 47.2. The van der Waals surface area contributed by atoms with Gasteiger partial charge in [-0.05, 0) is 125 Å². The van der Waals surface area contributed by atoms with Crippen molar-refractivity contribution in [1.29, 1.82) is 0 Å². The van der Waals surface area contributed by atoms with Crippen LogP contribution >= 0.6 is 0 Å². The number of ketones is 2. The van der Waals surface area contributed by atoms with Crippen LogP contribution in [0.5, 0.6) is 0 Å². The second kappa shape index (κ2) is 16.8. The lowest BCUT2D eigenvalue weighted by Gasteiger charge is -2.61. The Balaban J connectivity index is 1.41.